The number of carboxylic acid groups (broad SMARTS) is 1. The van der Waals surface area contributed by atoms with Crippen LogP contribution in [0, 0.1) is 0 Å². The summed E-state index contributed by atoms with van der Waals surface area (Å²) in [7, 11) is 1.47. The zero-order valence-corrected chi connectivity index (χ0v) is 12.1. The Morgan fingerprint density at radius 1 is 1.36 bits per heavy atom. The maximum atomic E-state index is 11.6. The highest BCUT2D eigenvalue weighted by Crippen LogP contribution is 2.19. The number of benzene rings is 1. The van der Waals surface area contributed by atoms with Gasteiger partial charge in [-0.15, -0.1) is 0 Å². The topological polar surface area (TPSA) is 133 Å². The zero-order valence-electron chi connectivity index (χ0n) is 12.1. The van der Waals surface area contributed by atoms with Crippen molar-refractivity contribution >= 4 is 17.9 Å². The molecule has 0 aliphatic carbocycles. The van der Waals surface area contributed by atoms with Crippen LogP contribution in [-0.4, -0.2) is 52.7 Å². The maximum Gasteiger partial charge on any atom is 0.324 e. The summed E-state index contributed by atoms with van der Waals surface area (Å²) in [5.41, 5.74) is 5.72. The Balaban J connectivity index is 0.000000261. The Labute approximate surface area is 127 Å². The molecule has 0 saturated carbocycles. The lowest BCUT2D eigenvalue weighted by molar-refractivity contribution is -0.139. The number of nitrogens with one attached hydrogen (secondary N) is 1. The summed E-state index contributed by atoms with van der Waals surface area (Å²) in [5, 5.41) is 19.1. The van der Waals surface area contributed by atoms with Gasteiger partial charge in [-0.3, -0.25) is 14.5 Å². The first-order chi connectivity index (χ1) is 10.4. The molecule has 1 aromatic carbocycles. The van der Waals surface area contributed by atoms with E-state index in [9.17, 15) is 14.4 Å². The van der Waals surface area contributed by atoms with E-state index in [1.54, 1.807) is 0 Å². The number of carbonyl (C=O) groups is 3. The third-order valence-corrected chi connectivity index (χ3v) is 2.97. The molecule has 3 amide bonds. The van der Waals surface area contributed by atoms with Gasteiger partial charge in [0, 0.05) is 13.6 Å². The molecule has 2 unspecified atom stereocenters. The normalized spacial score (nSPS) is 18.3. The predicted octanol–water partition coefficient (Wildman–Crippen LogP) is -0.310. The Morgan fingerprint density at radius 2 is 1.95 bits per heavy atom. The van der Waals surface area contributed by atoms with E-state index >= 15 is 0 Å². The molecular formula is C14H19N3O5. The fourth-order valence-electron chi connectivity index (χ4n) is 1.73. The lowest BCUT2D eigenvalue weighted by atomic mass is 10.1. The minimum atomic E-state index is -1.03. The van der Waals surface area contributed by atoms with Gasteiger partial charge >= 0.3 is 12.0 Å². The highest BCUT2D eigenvalue weighted by molar-refractivity contribution is 6.04. The summed E-state index contributed by atoms with van der Waals surface area (Å²) in [6.45, 7) is 0.00625. The standard InChI is InChI=1S/C10H10N2O2.C4H9NO3/c1-12-9(13)8(11-10(12)14)7-5-3-2-4-6-7;5-2-3(6)1-4(7)8/h2-6,8H,1H3,(H,11,14);3,6H,1-2,5H2,(H,7,8). The molecule has 22 heavy (non-hydrogen) atoms. The number of rotatable bonds is 4. The molecule has 1 aliphatic rings. The number of amides is 3. The molecule has 8 nitrogen and oxygen atoms in total. The van der Waals surface area contributed by atoms with Crippen LogP contribution in [0.25, 0.3) is 0 Å². The van der Waals surface area contributed by atoms with Crippen molar-refractivity contribution in [3.63, 3.8) is 0 Å². The van der Waals surface area contributed by atoms with Gasteiger partial charge in [0.25, 0.3) is 5.91 Å². The van der Waals surface area contributed by atoms with Crippen molar-refractivity contribution in [3.8, 4) is 0 Å². The van der Waals surface area contributed by atoms with Gasteiger partial charge in [0.15, 0.2) is 0 Å². The Bertz CT molecular complexity index is 535. The van der Waals surface area contributed by atoms with Crippen molar-refractivity contribution in [1.29, 1.82) is 0 Å². The van der Waals surface area contributed by atoms with Crippen LogP contribution in [0.15, 0.2) is 30.3 Å². The van der Waals surface area contributed by atoms with Gasteiger partial charge in [0.2, 0.25) is 0 Å². The van der Waals surface area contributed by atoms with Crippen molar-refractivity contribution in [3.05, 3.63) is 35.9 Å². The predicted molar refractivity (Wildman–Crippen MR) is 77.8 cm³/mol. The van der Waals surface area contributed by atoms with Gasteiger partial charge in [-0.25, -0.2) is 4.79 Å². The van der Waals surface area contributed by atoms with E-state index in [0.29, 0.717) is 0 Å². The van der Waals surface area contributed by atoms with E-state index in [-0.39, 0.29) is 24.9 Å². The van der Waals surface area contributed by atoms with E-state index < -0.39 is 18.1 Å². The third kappa shape index (κ3) is 4.83. The highest BCUT2D eigenvalue weighted by Gasteiger charge is 2.35. The van der Waals surface area contributed by atoms with Gasteiger partial charge in [-0.05, 0) is 5.56 Å². The van der Waals surface area contributed by atoms with Crippen LogP contribution < -0.4 is 11.1 Å². The summed E-state index contributed by atoms with van der Waals surface area (Å²) in [4.78, 5) is 33.6. The van der Waals surface area contributed by atoms with E-state index in [1.807, 2.05) is 30.3 Å². The molecule has 5 N–H and O–H groups in total. The minimum Gasteiger partial charge on any atom is -0.481 e. The van der Waals surface area contributed by atoms with Crippen LogP contribution in [0.3, 0.4) is 0 Å². The summed E-state index contributed by atoms with van der Waals surface area (Å²) in [6.07, 6.45) is -1.16. The number of carboxylic acids is 1. The molecule has 8 heteroatoms. The van der Waals surface area contributed by atoms with Crippen LogP contribution >= 0.6 is 0 Å². The van der Waals surface area contributed by atoms with Gasteiger partial charge < -0.3 is 21.3 Å². The van der Waals surface area contributed by atoms with Crippen LogP contribution in [0.2, 0.25) is 0 Å². The number of hydrogen-bond acceptors (Lipinski definition) is 5. The molecule has 0 spiro atoms. The molecule has 1 aliphatic heterocycles. The average Bonchev–Trinajstić information content (AvgIpc) is 2.76. The van der Waals surface area contributed by atoms with Gasteiger partial charge in [-0.1, -0.05) is 30.3 Å². The number of nitrogens with two attached hydrogens (primary N) is 1. The first-order valence-electron chi connectivity index (χ1n) is 6.59. The molecule has 120 valence electrons. The zero-order chi connectivity index (χ0) is 16.7. The Hall–Kier alpha value is -2.45. The number of hydrogen-bond donors (Lipinski definition) is 4. The fourth-order valence-corrected chi connectivity index (χ4v) is 1.73. The summed E-state index contributed by atoms with van der Waals surface area (Å²) >= 11 is 0. The summed E-state index contributed by atoms with van der Waals surface area (Å²) in [5.74, 6) is -1.23. The second-order valence-corrected chi connectivity index (χ2v) is 4.68. The number of urea groups is 1. The number of aliphatic hydroxyl groups is 1. The first kappa shape index (κ1) is 17.6. The molecular weight excluding hydrogens is 290 g/mol. The third-order valence-electron chi connectivity index (χ3n) is 2.97. The molecule has 1 aromatic rings. The van der Waals surface area contributed by atoms with E-state index in [4.69, 9.17) is 15.9 Å². The molecule has 1 fully saturated rings. The van der Waals surface area contributed by atoms with E-state index in [0.717, 1.165) is 10.5 Å². The van der Waals surface area contributed by atoms with Crippen molar-refractivity contribution < 1.29 is 24.6 Å². The SMILES string of the molecule is CN1C(=O)NC(c2ccccc2)C1=O.NCC(O)CC(=O)O. The van der Waals surface area contributed by atoms with Crippen molar-refractivity contribution in [2.45, 2.75) is 18.6 Å². The molecule has 2 atom stereocenters. The quantitative estimate of drug-likeness (QED) is 0.564. The number of imide groups is 1. The number of likely N-dealkylation sites (N-methyl/N-ethyl adjacent to an activating group) is 1. The highest BCUT2D eigenvalue weighted by atomic mass is 16.4. The summed E-state index contributed by atoms with van der Waals surface area (Å²) in [6, 6.07) is 8.33. The Morgan fingerprint density at radius 3 is 2.32 bits per heavy atom. The number of aliphatic hydroxyl groups excluding tert-OH is 1. The van der Waals surface area contributed by atoms with Crippen LogP contribution in [0.5, 0.6) is 0 Å². The minimum absolute atomic E-state index is 0.00625. The average molecular weight is 309 g/mol. The van der Waals surface area contributed by atoms with Gasteiger partial charge in [0.05, 0.1) is 12.5 Å². The lowest BCUT2D eigenvalue weighted by Gasteiger charge is -2.07. The number of carbonyl (C=O) groups excluding carboxylic acids is 2. The number of aliphatic carboxylic acids is 1. The van der Waals surface area contributed by atoms with Gasteiger partial charge in [-0.2, -0.15) is 0 Å². The molecule has 0 bridgehead atoms. The largest absolute Gasteiger partial charge is 0.481 e. The van der Waals surface area contributed by atoms with Crippen molar-refractivity contribution in [2.24, 2.45) is 5.73 Å². The van der Waals surface area contributed by atoms with Crippen LogP contribution in [-0.2, 0) is 9.59 Å². The summed E-state index contributed by atoms with van der Waals surface area (Å²) < 4.78 is 0. The monoisotopic (exact) mass is 309 g/mol. The second kappa shape index (κ2) is 8.11. The lowest BCUT2D eigenvalue weighted by Crippen LogP contribution is -2.25. The molecule has 1 saturated heterocycles. The fraction of sp³-hybridized carbons (Fsp3) is 0.357. The smallest absolute Gasteiger partial charge is 0.324 e. The van der Waals surface area contributed by atoms with E-state index in [1.165, 1.54) is 7.05 Å². The van der Waals surface area contributed by atoms with Crippen LogP contribution in [0.1, 0.15) is 18.0 Å². The Kier molecular flexibility index (Phi) is 6.48. The van der Waals surface area contributed by atoms with Gasteiger partial charge in [0.1, 0.15) is 6.04 Å². The first-order valence-corrected chi connectivity index (χ1v) is 6.59. The van der Waals surface area contributed by atoms with Crippen LogP contribution in [0.4, 0.5) is 4.79 Å². The van der Waals surface area contributed by atoms with Crippen molar-refractivity contribution in [2.75, 3.05) is 13.6 Å². The molecule has 0 aromatic heterocycles. The molecule has 2 rings (SSSR count). The van der Waals surface area contributed by atoms with E-state index in [2.05, 4.69) is 5.32 Å². The molecule has 1 heterocycles. The molecule has 0 radical (unpaired) electrons. The number of nitrogens with zero attached hydrogens (tertiary/aromatic N) is 1. The van der Waals surface area contributed by atoms with Crippen molar-refractivity contribution in [1.82, 2.24) is 10.2 Å². The maximum absolute atomic E-state index is 11.6. The second-order valence-electron chi connectivity index (χ2n) is 4.68.